The molecule has 1 aliphatic carbocycles. The first kappa shape index (κ1) is 19.5. The lowest BCUT2D eigenvalue weighted by atomic mass is 9.79. The van der Waals surface area contributed by atoms with Gasteiger partial charge in [-0.1, -0.05) is 30.3 Å². The lowest BCUT2D eigenvalue weighted by Crippen LogP contribution is -2.20. The Morgan fingerprint density at radius 3 is 2.30 bits per heavy atom. The number of nitrogens with one attached hydrogen (secondary N) is 1. The van der Waals surface area contributed by atoms with E-state index in [1.54, 1.807) is 6.92 Å². The van der Waals surface area contributed by atoms with Crippen molar-refractivity contribution in [3.8, 4) is 0 Å². The number of carbonyl (C=O) groups excluding carboxylic acids is 1. The predicted octanol–water partition coefficient (Wildman–Crippen LogP) is 3.08. The van der Waals surface area contributed by atoms with Gasteiger partial charge in [0.15, 0.2) is 0 Å². The van der Waals surface area contributed by atoms with E-state index in [0.717, 1.165) is 36.1 Å². The van der Waals surface area contributed by atoms with E-state index in [1.807, 2.05) is 36.4 Å². The second-order valence-corrected chi connectivity index (χ2v) is 8.41. The molecule has 1 atom stereocenters. The Kier molecular flexibility index (Phi) is 6.26. The zero-order valence-electron chi connectivity index (χ0n) is 15.4. The van der Waals surface area contributed by atoms with Crippen molar-refractivity contribution in [2.75, 3.05) is 0 Å². The molecular weight excluding hydrogens is 362 g/mol. The molecule has 1 unspecified atom stereocenters. The molecule has 1 saturated carbocycles. The van der Waals surface area contributed by atoms with Crippen LogP contribution in [-0.4, -0.2) is 19.2 Å². The van der Waals surface area contributed by atoms with E-state index in [-0.39, 0.29) is 17.2 Å². The number of Topliss-reactive ketones (excluding diaryl/α,β-unsaturated/α-hetero) is 1. The summed E-state index contributed by atoms with van der Waals surface area (Å²) in [6.45, 7) is 1.78. The van der Waals surface area contributed by atoms with Crippen molar-refractivity contribution < 1.29 is 13.2 Å². The number of rotatable bonds is 6. The van der Waals surface area contributed by atoms with Crippen LogP contribution in [0, 0.1) is 12.8 Å². The highest BCUT2D eigenvalue weighted by atomic mass is 32.2. The maximum atomic E-state index is 12.1. The Hall–Kier alpha value is -2.21. The lowest BCUT2D eigenvalue weighted by molar-refractivity contribution is -0.121. The zero-order valence-corrected chi connectivity index (χ0v) is 16.3. The van der Waals surface area contributed by atoms with Gasteiger partial charge in [-0.3, -0.25) is 9.59 Å². The van der Waals surface area contributed by atoms with E-state index in [2.05, 4.69) is 4.98 Å². The molecule has 0 aliphatic heterocycles. The highest BCUT2D eigenvalue weighted by Crippen LogP contribution is 2.35. The number of aryl methyl sites for hydroxylation is 1. The van der Waals surface area contributed by atoms with Gasteiger partial charge in [0.1, 0.15) is 16.5 Å². The maximum absolute atomic E-state index is 12.1. The smallest absolute Gasteiger partial charge is 0.251 e. The molecule has 0 saturated heterocycles. The van der Waals surface area contributed by atoms with Crippen LogP contribution in [0.1, 0.15) is 60.4 Å². The fourth-order valence-electron chi connectivity index (χ4n) is 3.78. The number of ketones is 1. The molecule has 0 spiro atoms. The van der Waals surface area contributed by atoms with Crippen molar-refractivity contribution in [1.82, 2.24) is 4.98 Å². The zero-order chi connectivity index (χ0) is 19.4. The monoisotopic (exact) mass is 387 g/mol. The summed E-state index contributed by atoms with van der Waals surface area (Å²) in [6.07, 6.45) is 3.91. The van der Waals surface area contributed by atoms with E-state index in [1.165, 1.54) is 0 Å². The topological polar surface area (TPSA) is 84.1 Å². The molecule has 5 nitrogen and oxygen atoms in total. The van der Waals surface area contributed by atoms with Crippen molar-refractivity contribution >= 4 is 16.5 Å². The van der Waals surface area contributed by atoms with E-state index in [9.17, 15) is 18.0 Å². The molecule has 0 amide bonds. The van der Waals surface area contributed by atoms with Crippen LogP contribution < -0.4 is 5.56 Å². The second kappa shape index (κ2) is 8.65. The molecular formula is C21H25NO4S. The fourth-order valence-corrected chi connectivity index (χ4v) is 4.29. The standard InChI is InChI=1S/C21H25NO4S/c1-14-2-11-20(22-21(14)24)19(12-15-5-9-18(23)10-6-15)17-7-3-16(4-8-17)13-27(25)26/h2-4,7-8,11,15,19,27H,5-6,9-10,12-13H2,1H3,(H,22,24). The van der Waals surface area contributed by atoms with Crippen LogP contribution in [-0.2, 0) is 21.3 Å². The first-order valence-corrected chi connectivity index (χ1v) is 10.7. The van der Waals surface area contributed by atoms with Crippen LogP contribution in [0.5, 0.6) is 0 Å². The third-order valence-corrected chi connectivity index (χ3v) is 6.05. The highest BCUT2D eigenvalue weighted by molar-refractivity contribution is 7.71. The molecule has 1 N–H and O–H groups in total. The summed E-state index contributed by atoms with van der Waals surface area (Å²) < 4.78 is 21.9. The average Bonchev–Trinajstić information content (AvgIpc) is 2.64. The largest absolute Gasteiger partial charge is 0.325 e. The number of carbonyl (C=O) groups is 1. The molecule has 1 aliphatic rings. The van der Waals surface area contributed by atoms with E-state index >= 15 is 0 Å². The predicted molar refractivity (Wildman–Crippen MR) is 106 cm³/mol. The summed E-state index contributed by atoms with van der Waals surface area (Å²) in [6, 6.07) is 11.4. The molecule has 0 bridgehead atoms. The van der Waals surface area contributed by atoms with Gasteiger partial charge in [0.25, 0.3) is 5.56 Å². The van der Waals surface area contributed by atoms with E-state index in [0.29, 0.717) is 30.1 Å². The number of benzene rings is 1. The van der Waals surface area contributed by atoms with Gasteiger partial charge in [-0.05, 0) is 49.3 Å². The van der Waals surface area contributed by atoms with Crippen molar-refractivity contribution in [3.05, 3.63) is 69.1 Å². The Labute approximate surface area is 160 Å². The summed E-state index contributed by atoms with van der Waals surface area (Å²) >= 11 is 0. The minimum absolute atomic E-state index is 0.0200. The van der Waals surface area contributed by atoms with Gasteiger partial charge < -0.3 is 4.98 Å². The average molecular weight is 388 g/mol. The molecule has 0 radical (unpaired) electrons. The fraction of sp³-hybridized carbons (Fsp3) is 0.429. The van der Waals surface area contributed by atoms with Crippen LogP contribution in [0.2, 0.25) is 0 Å². The molecule has 1 fully saturated rings. The Morgan fingerprint density at radius 2 is 1.70 bits per heavy atom. The third kappa shape index (κ3) is 5.16. The highest BCUT2D eigenvalue weighted by Gasteiger charge is 2.25. The Balaban J connectivity index is 1.89. The summed E-state index contributed by atoms with van der Waals surface area (Å²) in [5, 5.41) is 0. The van der Waals surface area contributed by atoms with Gasteiger partial charge in [-0.15, -0.1) is 0 Å². The molecule has 6 heteroatoms. The van der Waals surface area contributed by atoms with Gasteiger partial charge in [0.05, 0.1) is 5.75 Å². The number of H-pyrrole nitrogens is 1. The molecule has 1 aromatic heterocycles. The molecule has 2 aromatic rings. The Morgan fingerprint density at radius 1 is 1.04 bits per heavy atom. The minimum atomic E-state index is -2.45. The Bertz CT molecular complexity index is 925. The van der Waals surface area contributed by atoms with Crippen LogP contribution >= 0.6 is 0 Å². The van der Waals surface area contributed by atoms with Gasteiger partial charge in [-0.2, -0.15) is 0 Å². The van der Waals surface area contributed by atoms with Crippen LogP contribution in [0.25, 0.3) is 0 Å². The maximum Gasteiger partial charge on any atom is 0.251 e. The second-order valence-electron chi connectivity index (χ2n) is 7.43. The molecule has 144 valence electrons. The quantitative estimate of drug-likeness (QED) is 0.746. The minimum Gasteiger partial charge on any atom is -0.325 e. The van der Waals surface area contributed by atoms with Gasteiger partial charge in [-0.25, -0.2) is 8.42 Å². The van der Waals surface area contributed by atoms with Crippen molar-refractivity contribution in [1.29, 1.82) is 0 Å². The van der Waals surface area contributed by atoms with Crippen LogP contribution in [0.3, 0.4) is 0 Å². The molecule has 27 heavy (non-hydrogen) atoms. The van der Waals surface area contributed by atoms with Crippen LogP contribution in [0.4, 0.5) is 0 Å². The number of aromatic nitrogens is 1. The lowest BCUT2D eigenvalue weighted by Gasteiger charge is -2.26. The van der Waals surface area contributed by atoms with Crippen molar-refractivity contribution in [2.24, 2.45) is 5.92 Å². The number of hydrogen-bond donors (Lipinski definition) is 2. The first-order valence-electron chi connectivity index (χ1n) is 9.34. The summed E-state index contributed by atoms with van der Waals surface area (Å²) in [7, 11) is -2.45. The summed E-state index contributed by atoms with van der Waals surface area (Å²) in [5.41, 5.74) is 3.27. The number of pyridine rings is 1. The number of thiol groups is 1. The number of hydrogen-bond acceptors (Lipinski definition) is 4. The molecule has 1 heterocycles. The SMILES string of the molecule is Cc1ccc(C(CC2CCC(=O)CC2)c2ccc(C[SH](=O)=O)cc2)[nH]c1=O. The van der Waals surface area contributed by atoms with Crippen LogP contribution in [0.15, 0.2) is 41.2 Å². The summed E-state index contributed by atoms with van der Waals surface area (Å²) in [5.74, 6) is 0.828. The normalized spacial score (nSPS) is 16.6. The van der Waals surface area contributed by atoms with E-state index < -0.39 is 10.7 Å². The van der Waals surface area contributed by atoms with Gasteiger partial charge in [0, 0.05) is 30.0 Å². The van der Waals surface area contributed by atoms with Crippen molar-refractivity contribution in [2.45, 2.75) is 50.7 Å². The third-order valence-electron chi connectivity index (χ3n) is 5.43. The molecule has 3 rings (SSSR count). The molecule has 1 aromatic carbocycles. The van der Waals surface area contributed by atoms with Gasteiger partial charge in [0.2, 0.25) is 0 Å². The first-order chi connectivity index (χ1) is 12.9. The van der Waals surface area contributed by atoms with Gasteiger partial charge >= 0.3 is 0 Å². The van der Waals surface area contributed by atoms with Crippen molar-refractivity contribution in [3.63, 3.8) is 0 Å². The number of aromatic amines is 1. The van der Waals surface area contributed by atoms with E-state index in [4.69, 9.17) is 0 Å². The summed E-state index contributed by atoms with van der Waals surface area (Å²) in [4.78, 5) is 26.7.